The first-order chi connectivity index (χ1) is 16.0. The monoisotopic (exact) mass is 449 g/mol. The molecule has 170 valence electrons. The number of amides is 2. The van der Waals surface area contributed by atoms with E-state index in [-0.39, 0.29) is 29.9 Å². The van der Waals surface area contributed by atoms with Crippen LogP contribution in [0.5, 0.6) is 0 Å². The molecule has 1 aliphatic rings. The van der Waals surface area contributed by atoms with Gasteiger partial charge in [0.2, 0.25) is 0 Å². The van der Waals surface area contributed by atoms with Gasteiger partial charge in [-0.2, -0.15) is 0 Å². The van der Waals surface area contributed by atoms with Gasteiger partial charge in [0.25, 0.3) is 11.8 Å². The number of carbonyl (C=O) groups excluding carboxylic acids is 2. The Morgan fingerprint density at radius 2 is 1.55 bits per heavy atom. The van der Waals surface area contributed by atoms with E-state index in [1.807, 2.05) is 18.2 Å². The SMILES string of the molecule is O=C(NC1CCN(c2ccccc2C(=O)NCc2cccc(F)c2)CC1)c1ccccc1F. The van der Waals surface area contributed by atoms with Gasteiger partial charge in [-0.3, -0.25) is 9.59 Å². The van der Waals surface area contributed by atoms with Crippen LogP contribution >= 0.6 is 0 Å². The molecule has 3 aromatic rings. The van der Waals surface area contributed by atoms with Crippen LogP contribution in [0, 0.1) is 11.6 Å². The second-order valence-corrected chi connectivity index (χ2v) is 8.04. The van der Waals surface area contributed by atoms with Crippen molar-refractivity contribution in [1.82, 2.24) is 10.6 Å². The standard InChI is InChI=1S/C26H25F2N3O2/c27-19-7-5-6-18(16-19)17-29-25(32)22-9-2-4-11-24(22)31-14-12-20(13-15-31)30-26(33)21-8-1-3-10-23(21)28/h1-11,16,20H,12-15,17H2,(H,29,32)(H,30,33). The van der Waals surface area contributed by atoms with E-state index in [0.29, 0.717) is 37.1 Å². The summed E-state index contributed by atoms with van der Waals surface area (Å²) in [5.41, 5.74) is 2.09. The molecule has 7 heteroatoms. The lowest BCUT2D eigenvalue weighted by Gasteiger charge is -2.35. The molecule has 33 heavy (non-hydrogen) atoms. The Bertz CT molecular complexity index is 1140. The summed E-state index contributed by atoms with van der Waals surface area (Å²) in [6, 6.07) is 19.3. The Kier molecular flexibility index (Phi) is 6.98. The average molecular weight is 450 g/mol. The lowest BCUT2D eigenvalue weighted by atomic mass is 10.0. The molecule has 0 aliphatic carbocycles. The summed E-state index contributed by atoms with van der Waals surface area (Å²) in [6.07, 6.45) is 1.36. The van der Waals surface area contributed by atoms with Crippen LogP contribution in [-0.2, 0) is 6.54 Å². The molecule has 0 saturated carbocycles. The van der Waals surface area contributed by atoms with Crippen LogP contribution in [0.1, 0.15) is 39.1 Å². The van der Waals surface area contributed by atoms with Crippen LogP contribution < -0.4 is 15.5 Å². The lowest BCUT2D eigenvalue weighted by molar-refractivity contribution is 0.0925. The maximum Gasteiger partial charge on any atom is 0.254 e. The van der Waals surface area contributed by atoms with Crippen molar-refractivity contribution in [2.45, 2.75) is 25.4 Å². The van der Waals surface area contributed by atoms with Gasteiger partial charge in [0.05, 0.1) is 11.1 Å². The third-order valence-corrected chi connectivity index (χ3v) is 5.78. The molecular formula is C26H25F2N3O2. The number of halogens is 2. The Morgan fingerprint density at radius 1 is 0.848 bits per heavy atom. The van der Waals surface area contributed by atoms with Crippen LogP contribution in [0.3, 0.4) is 0 Å². The summed E-state index contributed by atoms with van der Waals surface area (Å²) in [7, 11) is 0. The van der Waals surface area contributed by atoms with Gasteiger partial charge in [-0.25, -0.2) is 8.78 Å². The molecule has 5 nitrogen and oxygen atoms in total. The topological polar surface area (TPSA) is 61.4 Å². The molecule has 0 spiro atoms. The van der Waals surface area contributed by atoms with Gasteiger partial charge in [0, 0.05) is 31.4 Å². The Labute approximate surface area is 191 Å². The average Bonchev–Trinajstić information content (AvgIpc) is 2.83. The molecule has 0 unspecified atom stereocenters. The number of hydrogen-bond donors (Lipinski definition) is 2. The van der Waals surface area contributed by atoms with Crippen molar-refractivity contribution in [3.63, 3.8) is 0 Å². The number of nitrogens with one attached hydrogen (secondary N) is 2. The quantitative estimate of drug-likeness (QED) is 0.590. The van der Waals surface area contributed by atoms with Crippen LogP contribution in [0.25, 0.3) is 0 Å². The summed E-state index contributed by atoms with van der Waals surface area (Å²) in [5, 5.41) is 5.77. The Balaban J connectivity index is 1.36. The van der Waals surface area contributed by atoms with Crippen molar-refractivity contribution in [1.29, 1.82) is 0 Å². The van der Waals surface area contributed by atoms with Crippen molar-refractivity contribution in [3.05, 3.63) is 101 Å². The largest absolute Gasteiger partial charge is 0.371 e. The van der Waals surface area contributed by atoms with Crippen LogP contribution in [0.15, 0.2) is 72.8 Å². The first kappa shape index (κ1) is 22.5. The first-order valence-corrected chi connectivity index (χ1v) is 10.9. The zero-order valence-corrected chi connectivity index (χ0v) is 18.1. The third kappa shape index (κ3) is 5.55. The number of hydrogen-bond acceptors (Lipinski definition) is 3. The molecule has 1 saturated heterocycles. The molecule has 0 atom stereocenters. The van der Waals surface area contributed by atoms with Crippen molar-refractivity contribution in [2.24, 2.45) is 0 Å². The van der Waals surface area contributed by atoms with Gasteiger partial charge in [-0.15, -0.1) is 0 Å². The van der Waals surface area contributed by atoms with Gasteiger partial charge < -0.3 is 15.5 Å². The fraction of sp³-hybridized carbons (Fsp3) is 0.231. The molecule has 1 aliphatic heterocycles. The molecule has 0 aromatic heterocycles. The molecule has 1 fully saturated rings. The highest BCUT2D eigenvalue weighted by Gasteiger charge is 2.24. The fourth-order valence-corrected chi connectivity index (χ4v) is 4.04. The highest BCUT2D eigenvalue weighted by Crippen LogP contribution is 2.25. The number of rotatable bonds is 6. The number of nitrogens with zero attached hydrogens (tertiary/aromatic N) is 1. The maximum atomic E-state index is 13.9. The van der Waals surface area contributed by atoms with E-state index in [0.717, 1.165) is 5.69 Å². The van der Waals surface area contributed by atoms with Gasteiger partial charge in [0.15, 0.2) is 0 Å². The highest BCUT2D eigenvalue weighted by atomic mass is 19.1. The smallest absolute Gasteiger partial charge is 0.254 e. The number of benzene rings is 3. The summed E-state index contributed by atoms with van der Waals surface area (Å²) >= 11 is 0. The first-order valence-electron chi connectivity index (χ1n) is 10.9. The van der Waals surface area contributed by atoms with Crippen LogP contribution in [-0.4, -0.2) is 30.9 Å². The zero-order valence-electron chi connectivity index (χ0n) is 18.1. The van der Waals surface area contributed by atoms with Crippen molar-refractivity contribution >= 4 is 17.5 Å². The van der Waals surface area contributed by atoms with Crippen molar-refractivity contribution in [3.8, 4) is 0 Å². The normalized spacial score (nSPS) is 14.1. The fourth-order valence-electron chi connectivity index (χ4n) is 4.04. The lowest BCUT2D eigenvalue weighted by Crippen LogP contribution is -2.45. The molecule has 1 heterocycles. The molecular weight excluding hydrogens is 424 g/mol. The minimum Gasteiger partial charge on any atom is -0.371 e. The van der Waals surface area contributed by atoms with Crippen LogP contribution in [0.2, 0.25) is 0 Å². The van der Waals surface area contributed by atoms with Gasteiger partial charge in [-0.05, 0) is 54.8 Å². The van der Waals surface area contributed by atoms with Crippen molar-refractivity contribution in [2.75, 3.05) is 18.0 Å². The van der Waals surface area contributed by atoms with E-state index in [2.05, 4.69) is 15.5 Å². The van der Waals surface area contributed by atoms with E-state index in [1.165, 1.54) is 24.3 Å². The molecule has 0 bridgehead atoms. The predicted molar refractivity (Wildman–Crippen MR) is 123 cm³/mol. The number of piperidine rings is 1. The zero-order chi connectivity index (χ0) is 23.2. The second-order valence-electron chi connectivity index (χ2n) is 8.04. The number of carbonyl (C=O) groups is 2. The minimum atomic E-state index is -0.536. The number of anilines is 1. The Hall–Kier alpha value is -3.74. The summed E-state index contributed by atoms with van der Waals surface area (Å²) in [5.74, 6) is -1.52. The van der Waals surface area contributed by atoms with Crippen molar-refractivity contribution < 1.29 is 18.4 Å². The second kappa shape index (κ2) is 10.3. The van der Waals surface area contributed by atoms with E-state index < -0.39 is 11.7 Å². The third-order valence-electron chi connectivity index (χ3n) is 5.78. The molecule has 4 rings (SSSR count). The predicted octanol–water partition coefficient (Wildman–Crippen LogP) is 4.29. The molecule has 2 amide bonds. The van der Waals surface area contributed by atoms with Crippen LogP contribution in [0.4, 0.5) is 14.5 Å². The summed E-state index contributed by atoms with van der Waals surface area (Å²) in [6.45, 7) is 1.53. The van der Waals surface area contributed by atoms with Gasteiger partial charge in [0.1, 0.15) is 11.6 Å². The Morgan fingerprint density at radius 3 is 2.27 bits per heavy atom. The highest BCUT2D eigenvalue weighted by molar-refractivity contribution is 5.99. The minimum absolute atomic E-state index is 0.0419. The molecule has 0 radical (unpaired) electrons. The van der Waals surface area contributed by atoms with E-state index in [1.54, 1.807) is 30.3 Å². The maximum absolute atomic E-state index is 13.9. The molecule has 2 N–H and O–H groups in total. The summed E-state index contributed by atoms with van der Waals surface area (Å²) in [4.78, 5) is 27.4. The van der Waals surface area contributed by atoms with E-state index >= 15 is 0 Å². The van der Waals surface area contributed by atoms with E-state index in [4.69, 9.17) is 0 Å². The molecule has 3 aromatic carbocycles. The van der Waals surface area contributed by atoms with Gasteiger partial charge in [-0.1, -0.05) is 36.4 Å². The van der Waals surface area contributed by atoms with Gasteiger partial charge >= 0.3 is 0 Å². The summed E-state index contributed by atoms with van der Waals surface area (Å²) < 4.78 is 27.2. The van der Waals surface area contributed by atoms with E-state index in [9.17, 15) is 18.4 Å². The number of para-hydroxylation sites is 1.